The number of nitrogens with zero attached hydrogens (tertiary/aromatic N) is 5. The molecule has 0 spiro atoms. The van der Waals surface area contributed by atoms with Crippen LogP contribution in [0.3, 0.4) is 0 Å². The number of alkyl halides is 3. The van der Waals surface area contributed by atoms with Crippen molar-refractivity contribution >= 4 is 21.9 Å². The van der Waals surface area contributed by atoms with Crippen LogP contribution in [-0.2, 0) is 27.5 Å². The molecule has 3 aromatic rings. The molecule has 1 saturated heterocycles. The summed E-state index contributed by atoms with van der Waals surface area (Å²) in [4.78, 5) is 26.0. The molecule has 0 saturated carbocycles. The average Bonchev–Trinajstić information content (AvgIpc) is 3.46. The number of benzene rings is 2. The van der Waals surface area contributed by atoms with Crippen molar-refractivity contribution in [2.45, 2.75) is 36.5 Å². The molecule has 1 aliphatic heterocycles. The Bertz CT molecular complexity index is 1500. The molecule has 9 nitrogen and oxygen atoms in total. The second-order valence-electron chi connectivity index (χ2n) is 10.3. The van der Waals surface area contributed by atoms with Gasteiger partial charge in [0.15, 0.2) is 0 Å². The van der Waals surface area contributed by atoms with Crippen LogP contribution >= 0.6 is 0 Å². The topological polar surface area (TPSA) is 98.7 Å². The Morgan fingerprint density at radius 2 is 1.69 bits per heavy atom. The minimum Gasteiger partial charge on any atom is -0.349 e. The number of hydrogen-bond acceptors (Lipinski definition) is 7. The number of rotatable bonds is 10. The van der Waals surface area contributed by atoms with E-state index in [0.29, 0.717) is 48.8 Å². The van der Waals surface area contributed by atoms with Gasteiger partial charge in [0, 0.05) is 32.2 Å². The van der Waals surface area contributed by atoms with E-state index < -0.39 is 39.5 Å². The van der Waals surface area contributed by atoms with Gasteiger partial charge in [-0.15, -0.1) is 0 Å². The fraction of sp³-hybridized carbons (Fsp3) is 0.393. The van der Waals surface area contributed by atoms with E-state index in [1.54, 1.807) is 18.0 Å². The van der Waals surface area contributed by atoms with Gasteiger partial charge in [0.25, 0.3) is 0 Å². The zero-order valence-electron chi connectivity index (χ0n) is 23.4. The van der Waals surface area contributed by atoms with Crippen molar-refractivity contribution in [1.82, 2.24) is 24.5 Å². The molecule has 0 unspecified atom stereocenters. The third kappa shape index (κ3) is 7.41. The molecule has 0 bridgehead atoms. The van der Waals surface area contributed by atoms with Crippen LogP contribution in [0.15, 0.2) is 59.5 Å². The largest absolute Gasteiger partial charge is 0.416 e. The van der Waals surface area contributed by atoms with Crippen molar-refractivity contribution in [2.24, 2.45) is 0 Å². The Morgan fingerprint density at radius 1 is 1.02 bits per heavy atom. The summed E-state index contributed by atoms with van der Waals surface area (Å²) in [6.45, 7) is 1.33. The third-order valence-corrected chi connectivity index (χ3v) is 8.79. The lowest BCUT2D eigenvalue weighted by Gasteiger charge is -2.24. The number of sulfonamides is 1. The van der Waals surface area contributed by atoms with Crippen molar-refractivity contribution in [1.29, 1.82) is 0 Å². The highest BCUT2D eigenvalue weighted by Crippen LogP contribution is 2.31. The molecule has 1 aromatic heterocycles. The number of likely N-dealkylation sites (N-methyl/N-ethyl adjacent to an activating group) is 2. The van der Waals surface area contributed by atoms with Crippen molar-refractivity contribution in [2.75, 3.05) is 45.7 Å². The van der Waals surface area contributed by atoms with Crippen molar-refractivity contribution in [3.8, 4) is 11.3 Å². The standard InChI is InChI=1S/C28H32F4N6O3S/c1-36(2)15-16-37(3)27-34-22(17-24(35-27)19-6-8-20(9-7-19)28(30,31)32)18-33-26(39)25-5-4-14-38(25)42(40,41)23-12-10-21(29)11-13-23/h6-13,17,25H,4-5,14-16,18H2,1-3H3,(H,33,39)/t25-/m0/s1. The first kappa shape index (κ1) is 31.3. The highest BCUT2D eigenvalue weighted by Gasteiger charge is 2.39. The normalized spacial score (nSPS) is 16.1. The van der Waals surface area contributed by atoms with Gasteiger partial charge in [-0.1, -0.05) is 12.1 Å². The number of anilines is 1. The van der Waals surface area contributed by atoms with E-state index in [0.717, 1.165) is 40.7 Å². The molecule has 1 atom stereocenters. The van der Waals surface area contributed by atoms with E-state index in [1.165, 1.54) is 12.1 Å². The monoisotopic (exact) mass is 608 g/mol. The Kier molecular flexibility index (Phi) is 9.48. The van der Waals surface area contributed by atoms with E-state index in [1.807, 2.05) is 19.0 Å². The quantitative estimate of drug-likeness (QED) is 0.350. The van der Waals surface area contributed by atoms with Crippen LogP contribution in [0.5, 0.6) is 0 Å². The average molecular weight is 609 g/mol. The zero-order chi connectivity index (χ0) is 30.7. The number of nitrogens with one attached hydrogen (secondary N) is 1. The van der Waals surface area contributed by atoms with Gasteiger partial charge in [0.2, 0.25) is 21.9 Å². The van der Waals surface area contributed by atoms with E-state index in [9.17, 15) is 30.8 Å². The minimum absolute atomic E-state index is 0.0650. The van der Waals surface area contributed by atoms with Crippen LogP contribution in [0.25, 0.3) is 11.3 Å². The van der Waals surface area contributed by atoms with Crippen molar-refractivity contribution in [3.63, 3.8) is 0 Å². The first-order chi connectivity index (χ1) is 19.8. The Hall–Kier alpha value is -3.62. The van der Waals surface area contributed by atoms with Gasteiger partial charge in [-0.25, -0.2) is 22.8 Å². The van der Waals surface area contributed by atoms with Crippen LogP contribution in [-0.4, -0.2) is 80.3 Å². The summed E-state index contributed by atoms with van der Waals surface area (Å²) in [5.74, 6) is -0.771. The number of halogens is 4. The zero-order valence-corrected chi connectivity index (χ0v) is 24.2. The fourth-order valence-electron chi connectivity index (χ4n) is 4.50. The molecule has 1 aliphatic rings. The first-order valence-corrected chi connectivity index (χ1v) is 14.7. The maximum atomic E-state index is 13.3. The molecular formula is C28H32F4N6O3S. The number of hydrogen-bond donors (Lipinski definition) is 1. The lowest BCUT2D eigenvalue weighted by Crippen LogP contribution is -2.45. The number of aromatic nitrogens is 2. The van der Waals surface area contributed by atoms with Gasteiger partial charge in [-0.05, 0) is 69.4 Å². The molecule has 1 amide bonds. The van der Waals surface area contributed by atoms with Crippen molar-refractivity contribution in [3.05, 3.63) is 71.7 Å². The molecule has 1 N–H and O–H groups in total. The lowest BCUT2D eigenvalue weighted by molar-refractivity contribution is -0.137. The van der Waals surface area contributed by atoms with Gasteiger partial charge in [0.1, 0.15) is 11.9 Å². The summed E-state index contributed by atoms with van der Waals surface area (Å²) in [5, 5.41) is 2.76. The maximum absolute atomic E-state index is 13.3. The minimum atomic E-state index is -4.48. The molecule has 14 heteroatoms. The molecule has 2 heterocycles. The van der Waals surface area contributed by atoms with E-state index in [-0.39, 0.29) is 18.0 Å². The van der Waals surface area contributed by atoms with Crippen LogP contribution < -0.4 is 10.2 Å². The summed E-state index contributed by atoms with van der Waals surface area (Å²) in [6, 6.07) is 9.65. The van der Waals surface area contributed by atoms with Crippen LogP contribution in [0.2, 0.25) is 0 Å². The molecule has 4 rings (SSSR count). The number of carbonyl (C=O) groups excluding carboxylic acids is 1. The Balaban J connectivity index is 1.56. The predicted molar refractivity (Wildman–Crippen MR) is 149 cm³/mol. The summed E-state index contributed by atoms with van der Waals surface area (Å²) in [5.41, 5.74) is 0.419. The molecule has 2 aromatic carbocycles. The second-order valence-corrected chi connectivity index (χ2v) is 12.2. The van der Waals surface area contributed by atoms with Crippen molar-refractivity contribution < 1.29 is 30.8 Å². The van der Waals surface area contributed by atoms with Gasteiger partial charge in [-0.3, -0.25) is 4.79 Å². The van der Waals surface area contributed by atoms with E-state index in [4.69, 9.17) is 0 Å². The highest BCUT2D eigenvalue weighted by atomic mass is 32.2. The predicted octanol–water partition coefficient (Wildman–Crippen LogP) is 3.77. The van der Waals surface area contributed by atoms with Gasteiger partial charge >= 0.3 is 6.18 Å². The fourth-order valence-corrected chi connectivity index (χ4v) is 6.16. The highest BCUT2D eigenvalue weighted by molar-refractivity contribution is 7.89. The van der Waals surface area contributed by atoms with Gasteiger partial charge < -0.3 is 15.1 Å². The molecular weight excluding hydrogens is 576 g/mol. The molecule has 42 heavy (non-hydrogen) atoms. The maximum Gasteiger partial charge on any atom is 0.416 e. The second kappa shape index (κ2) is 12.7. The molecule has 0 radical (unpaired) electrons. The smallest absolute Gasteiger partial charge is 0.349 e. The summed E-state index contributed by atoms with van der Waals surface area (Å²) >= 11 is 0. The molecule has 226 valence electrons. The summed E-state index contributed by atoms with van der Waals surface area (Å²) in [6.07, 6.45) is -3.69. The molecule has 0 aliphatic carbocycles. The first-order valence-electron chi connectivity index (χ1n) is 13.2. The SMILES string of the molecule is CN(C)CCN(C)c1nc(CNC(=O)[C@@H]2CCCN2S(=O)(=O)c2ccc(F)cc2)cc(-c2ccc(C(F)(F)F)cc2)n1. The van der Waals surface area contributed by atoms with E-state index >= 15 is 0 Å². The summed E-state index contributed by atoms with van der Waals surface area (Å²) in [7, 11) is 1.58. The van der Waals surface area contributed by atoms with E-state index in [2.05, 4.69) is 15.3 Å². The lowest BCUT2D eigenvalue weighted by atomic mass is 10.1. The number of carbonyl (C=O) groups is 1. The third-order valence-electron chi connectivity index (χ3n) is 6.87. The van der Waals surface area contributed by atoms with Gasteiger partial charge in [0.05, 0.1) is 28.4 Å². The molecule has 1 fully saturated rings. The summed E-state index contributed by atoms with van der Waals surface area (Å²) < 4.78 is 80.1. The van der Waals surface area contributed by atoms with Crippen LogP contribution in [0.4, 0.5) is 23.5 Å². The number of amides is 1. The Morgan fingerprint density at radius 3 is 2.31 bits per heavy atom. The van der Waals surface area contributed by atoms with Crippen LogP contribution in [0.1, 0.15) is 24.1 Å². The Labute approximate surface area is 242 Å². The van der Waals surface area contributed by atoms with Gasteiger partial charge in [-0.2, -0.15) is 17.5 Å². The van der Waals surface area contributed by atoms with Crippen LogP contribution in [0, 0.1) is 5.82 Å².